The second-order valence-electron chi connectivity index (χ2n) is 5.16. The van der Waals surface area contributed by atoms with Crippen LogP contribution < -0.4 is 0 Å². The quantitative estimate of drug-likeness (QED) is 0.170. The Labute approximate surface area is 146 Å². The predicted octanol–water partition coefficient (Wildman–Crippen LogP) is 1.48. The van der Waals surface area contributed by atoms with Gasteiger partial charge in [0.25, 0.3) is 0 Å². The molecule has 0 saturated heterocycles. The number of hydrogen-bond acceptors (Lipinski definition) is 8. The average Bonchev–Trinajstić information content (AvgIpc) is 2.53. The summed E-state index contributed by atoms with van der Waals surface area (Å²) in [6.45, 7) is 10.1. The lowest BCUT2D eigenvalue weighted by Gasteiger charge is -2.07. The van der Waals surface area contributed by atoms with Crippen molar-refractivity contribution in [2.75, 3.05) is 26.4 Å². The van der Waals surface area contributed by atoms with E-state index in [1.807, 2.05) is 0 Å². The smallest absolute Gasteiger partial charge is 0.333 e. The maximum Gasteiger partial charge on any atom is 0.333 e. The number of carbonyl (C=O) groups excluding carboxylic acids is 4. The van der Waals surface area contributed by atoms with Crippen LogP contribution in [-0.2, 0) is 38.1 Å². The van der Waals surface area contributed by atoms with Crippen molar-refractivity contribution in [2.45, 2.75) is 33.1 Å². The molecule has 0 aromatic rings. The van der Waals surface area contributed by atoms with Crippen LogP contribution in [-0.4, -0.2) is 50.3 Å². The molecule has 0 amide bonds. The molecule has 0 spiro atoms. The van der Waals surface area contributed by atoms with Gasteiger partial charge in [0.15, 0.2) is 0 Å². The van der Waals surface area contributed by atoms with Gasteiger partial charge < -0.3 is 18.9 Å². The van der Waals surface area contributed by atoms with Crippen molar-refractivity contribution in [1.29, 1.82) is 0 Å². The van der Waals surface area contributed by atoms with E-state index in [1.165, 1.54) is 13.8 Å². The summed E-state index contributed by atoms with van der Waals surface area (Å²) in [6, 6.07) is 0. The summed E-state index contributed by atoms with van der Waals surface area (Å²) < 4.78 is 19.2. The van der Waals surface area contributed by atoms with E-state index < -0.39 is 30.3 Å². The molecule has 0 N–H and O–H groups in total. The first kappa shape index (κ1) is 22.4. The molecule has 25 heavy (non-hydrogen) atoms. The van der Waals surface area contributed by atoms with Crippen LogP contribution in [0.2, 0.25) is 0 Å². The zero-order valence-corrected chi connectivity index (χ0v) is 14.6. The lowest BCUT2D eigenvalue weighted by Crippen LogP contribution is -2.16. The Hall–Kier alpha value is -2.64. The number of esters is 4. The maximum atomic E-state index is 11.4. The Kier molecular flexibility index (Phi) is 11.4. The standard InChI is InChI=1S/C17H24O8/c1-12(2)16(20)24-9-5-7-22-14(18)11-15(19)23-8-6-10-25-17(21)13(3)4/h1,3,5-11H2,2,4H3. The Morgan fingerprint density at radius 2 is 0.960 bits per heavy atom. The van der Waals surface area contributed by atoms with Crippen LogP contribution in [0.15, 0.2) is 24.3 Å². The van der Waals surface area contributed by atoms with Gasteiger partial charge in [0.05, 0.1) is 26.4 Å². The molecule has 0 aromatic heterocycles. The van der Waals surface area contributed by atoms with E-state index in [0.29, 0.717) is 12.8 Å². The van der Waals surface area contributed by atoms with Gasteiger partial charge in [-0.1, -0.05) is 13.2 Å². The summed E-state index contributed by atoms with van der Waals surface area (Å²) in [7, 11) is 0. The van der Waals surface area contributed by atoms with E-state index >= 15 is 0 Å². The van der Waals surface area contributed by atoms with Gasteiger partial charge in [0.1, 0.15) is 6.42 Å². The summed E-state index contributed by atoms with van der Waals surface area (Å²) in [5.41, 5.74) is 0.572. The van der Waals surface area contributed by atoms with Crippen molar-refractivity contribution in [3.63, 3.8) is 0 Å². The first-order valence-corrected chi connectivity index (χ1v) is 7.70. The number of carbonyl (C=O) groups is 4. The van der Waals surface area contributed by atoms with E-state index in [4.69, 9.17) is 18.9 Å². The normalized spacial score (nSPS) is 9.68. The van der Waals surface area contributed by atoms with Crippen molar-refractivity contribution in [3.8, 4) is 0 Å². The van der Waals surface area contributed by atoms with Crippen molar-refractivity contribution in [1.82, 2.24) is 0 Å². The molecule has 0 aliphatic rings. The van der Waals surface area contributed by atoms with E-state index in [-0.39, 0.29) is 37.6 Å². The summed E-state index contributed by atoms with van der Waals surface area (Å²) in [5, 5.41) is 0. The highest BCUT2D eigenvalue weighted by atomic mass is 16.6. The third kappa shape index (κ3) is 12.4. The molecule has 0 rings (SSSR count). The molecule has 0 saturated carbocycles. The fourth-order valence-electron chi connectivity index (χ4n) is 1.29. The minimum Gasteiger partial charge on any atom is -0.465 e. The molecule has 0 aromatic carbocycles. The fourth-order valence-corrected chi connectivity index (χ4v) is 1.29. The van der Waals surface area contributed by atoms with Gasteiger partial charge in [-0.15, -0.1) is 0 Å². The van der Waals surface area contributed by atoms with E-state index in [0.717, 1.165) is 0 Å². The molecule has 8 heteroatoms. The molecule has 140 valence electrons. The third-order valence-corrected chi connectivity index (χ3v) is 2.56. The largest absolute Gasteiger partial charge is 0.465 e. The minimum atomic E-state index is -0.732. The van der Waals surface area contributed by atoms with Crippen LogP contribution in [0.5, 0.6) is 0 Å². The highest BCUT2D eigenvalue weighted by molar-refractivity contribution is 5.91. The number of rotatable bonds is 12. The topological polar surface area (TPSA) is 105 Å². The molecule has 0 unspecified atom stereocenters. The van der Waals surface area contributed by atoms with Gasteiger partial charge in [-0.05, 0) is 13.8 Å². The summed E-state index contributed by atoms with van der Waals surface area (Å²) in [5.74, 6) is -2.48. The lowest BCUT2D eigenvalue weighted by molar-refractivity contribution is -0.154. The summed E-state index contributed by atoms with van der Waals surface area (Å²) in [6.07, 6.45) is 0.110. The Balaban J connectivity index is 3.64. The highest BCUT2D eigenvalue weighted by Gasteiger charge is 2.12. The fraction of sp³-hybridized carbons (Fsp3) is 0.529. The lowest BCUT2D eigenvalue weighted by atomic mass is 10.3. The van der Waals surface area contributed by atoms with Crippen LogP contribution in [0.25, 0.3) is 0 Å². The molecule has 0 bridgehead atoms. The molecular weight excluding hydrogens is 332 g/mol. The highest BCUT2D eigenvalue weighted by Crippen LogP contribution is 1.98. The number of ether oxygens (including phenoxy) is 4. The van der Waals surface area contributed by atoms with Crippen LogP contribution in [0.3, 0.4) is 0 Å². The van der Waals surface area contributed by atoms with Gasteiger partial charge >= 0.3 is 23.9 Å². The van der Waals surface area contributed by atoms with Crippen LogP contribution >= 0.6 is 0 Å². The predicted molar refractivity (Wildman–Crippen MR) is 87.3 cm³/mol. The minimum absolute atomic E-state index is 0.0203. The van der Waals surface area contributed by atoms with Crippen molar-refractivity contribution >= 4 is 23.9 Å². The summed E-state index contributed by atoms with van der Waals surface area (Å²) in [4.78, 5) is 44.9. The van der Waals surface area contributed by atoms with Crippen molar-refractivity contribution in [3.05, 3.63) is 24.3 Å². The van der Waals surface area contributed by atoms with Crippen molar-refractivity contribution < 1.29 is 38.1 Å². The Bertz CT molecular complexity index is 475. The molecule has 0 aliphatic heterocycles. The van der Waals surface area contributed by atoms with Crippen LogP contribution in [0.1, 0.15) is 33.1 Å². The molecule has 0 atom stereocenters. The molecule has 0 aliphatic carbocycles. The second-order valence-corrected chi connectivity index (χ2v) is 5.16. The van der Waals surface area contributed by atoms with Gasteiger partial charge in [0, 0.05) is 24.0 Å². The van der Waals surface area contributed by atoms with Gasteiger partial charge in [-0.25, -0.2) is 9.59 Å². The SMILES string of the molecule is C=C(C)C(=O)OCCCOC(=O)CC(=O)OCCCOC(=O)C(=C)C. The zero-order valence-electron chi connectivity index (χ0n) is 14.6. The monoisotopic (exact) mass is 356 g/mol. The first-order valence-electron chi connectivity index (χ1n) is 7.70. The molecular formula is C17H24O8. The van der Waals surface area contributed by atoms with Gasteiger partial charge in [-0.3, -0.25) is 9.59 Å². The second kappa shape index (κ2) is 12.7. The molecule has 0 fully saturated rings. The van der Waals surface area contributed by atoms with Gasteiger partial charge in [0.2, 0.25) is 0 Å². The van der Waals surface area contributed by atoms with E-state index in [1.54, 1.807) is 0 Å². The molecule has 0 heterocycles. The third-order valence-electron chi connectivity index (χ3n) is 2.56. The molecule has 0 radical (unpaired) electrons. The van der Waals surface area contributed by atoms with E-state index in [9.17, 15) is 19.2 Å². The van der Waals surface area contributed by atoms with Crippen LogP contribution in [0.4, 0.5) is 0 Å². The molecule has 8 nitrogen and oxygen atoms in total. The first-order chi connectivity index (χ1) is 11.7. The average molecular weight is 356 g/mol. The Morgan fingerprint density at radius 3 is 1.28 bits per heavy atom. The van der Waals surface area contributed by atoms with Crippen LogP contribution in [0, 0.1) is 0 Å². The maximum absolute atomic E-state index is 11.4. The Morgan fingerprint density at radius 1 is 0.640 bits per heavy atom. The summed E-state index contributed by atoms with van der Waals surface area (Å²) >= 11 is 0. The van der Waals surface area contributed by atoms with Crippen molar-refractivity contribution in [2.24, 2.45) is 0 Å². The van der Waals surface area contributed by atoms with Gasteiger partial charge in [-0.2, -0.15) is 0 Å². The zero-order chi connectivity index (χ0) is 19.2. The van der Waals surface area contributed by atoms with E-state index in [2.05, 4.69) is 13.2 Å². The number of hydrogen-bond donors (Lipinski definition) is 0.